The second kappa shape index (κ2) is 3.25. The average Bonchev–Trinajstić information content (AvgIpc) is 2.27. The van der Waals surface area contributed by atoms with Gasteiger partial charge in [-0.25, -0.2) is 0 Å². The van der Waals surface area contributed by atoms with E-state index >= 15 is 0 Å². The fraction of sp³-hybridized carbons (Fsp3) is 1.00. The van der Waals surface area contributed by atoms with Crippen LogP contribution in [-0.4, -0.2) is 18.8 Å². The molecule has 0 saturated carbocycles. The SMILES string of the molecule is CC(C)(C)[C@@H]1NCN[C@H]1C(C)(C)C. The van der Waals surface area contributed by atoms with E-state index in [1.165, 1.54) is 0 Å². The molecule has 0 amide bonds. The second-order valence-electron chi connectivity index (χ2n) is 6.27. The van der Waals surface area contributed by atoms with E-state index in [1.807, 2.05) is 0 Å². The molecule has 0 radical (unpaired) electrons. The fourth-order valence-corrected chi connectivity index (χ4v) is 2.13. The summed E-state index contributed by atoms with van der Waals surface area (Å²) in [4.78, 5) is 0. The molecule has 1 fully saturated rings. The highest BCUT2D eigenvalue weighted by molar-refractivity contribution is 5.00. The highest BCUT2D eigenvalue weighted by Gasteiger charge is 2.41. The number of nitrogens with one attached hydrogen (secondary N) is 2. The Labute approximate surface area is 82.5 Å². The normalized spacial score (nSPS) is 30.9. The minimum atomic E-state index is 0.335. The van der Waals surface area contributed by atoms with Crippen molar-refractivity contribution in [3.8, 4) is 0 Å². The van der Waals surface area contributed by atoms with Crippen molar-refractivity contribution in [2.75, 3.05) is 6.67 Å². The predicted molar refractivity (Wildman–Crippen MR) is 57.6 cm³/mol. The smallest absolute Gasteiger partial charge is 0.0459 e. The summed E-state index contributed by atoms with van der Waals surface area (Å²) < 4.78 is 0. The lowest BCUT2D eigenvalue weighted by Gasteiger charge is -2.38. The molecule has 1 heterocycles. The van der Waals surface area contributed by atoms with Crippen LogP contribution in [0, 0.1) is 10.8 Å². The van der Waals surface area contributed by atoms with Gasteiger partial charge in [0.2, 0.25) is 0 Å². The van der Waals surface area contributed by atoms with Crippen LogP contribution in [0.15, 0.2) is 0 Å². The van der Waals surface area contributed by atoms with Gasteiger partial charge in [-0.15, -0.1) is 0 Å². The van der Waals surface area contributed by atoms with Gasteiger partial charge in [0.15, 0.2) is 0 Å². The van der Waals surface area contributed by atoms with E-state index in [9.17, 15) is 0 Å². The third-order valence-electron chi connectivity index (χ3n) is 2.84. The highest BCUT2D eigenvalue weighted by Crippen LogP contribution is 2.32. The van der Waals surface area contributed by atoms with Gasteiger partial charge in [-0.3, -0.25) is 10.6 Å². The predicted octanol–water partition coefficient (Wildman–Crippen LogP) is 1.97. The minimum absolute atomic E-state index is 0.335. The molecular formula is C11H24N2. The Hall–Kier alpha value is -0.0800. The van der Waals surface area contributed by atoms with E-state index in [4.69, 9.17) is 0 Å². The molecule has 0 spiro atoms. The molecule has 1 aliphatic heterocycles. The highest BCUT2D eigenvalue weighted by atomic mass is 15.2. The van der Waals surface area contributed by atoms with Crippen molar-refractivity contribution in [2.24, 2.45) is 10.8 Å². The van der Waals surface area contributed by atoms with Crippen LogP contribution < -0.4 is 10.6 Å². The molecule has 2 atom stereocenters. The van der Waals surface area contributed by atoms with Gasteiger partial charge >= 0.3 is 0 Å². The standard InChI is InChI=1S/C11H24N2/c1-10(2,3)8-9(11(4,5)6)13-7-12-8/h8-9,12-13H,7H2,1-6H3/t8-,9-/m1/s1. The molecule has 0 aromatic carbocycles. The van der Waals surface area contributed by atoms with Crippen LogP contribution in [0.2, 0.25) is 0 Å². The first kappa shape index (κ1) is 11.0. The zero-order valence-electron chi connectivity index (χ0n) is 9.86. The Balaban J connectivity index is 2.76. The molecule has 1 rings (SSSR count). The summed E-state index contributed by atoms with van der Waals surface area (Å²) in [5, 5.41) is 7.08. The lowest BCUT2D eigenvalue weighted by atomic mass is 9.74. The molecule has 2 heteroatoms. The van der Waals surface area contributed by atoms with Gasteiger partial charge in [0, 0.05) is 18.8 Å². The van der Waals surface area contributed by atoms with Crippen LogP contribution in [0.4, 0.5) is 0 Å². The van der Waals surface area contributed by atoms with Crippen molar-refractivity contribution in [3.63, 3.8) is 0 Å². The van der Waals surface area contributed by atoms with E-state index in [1.54, 1.807) is 0 Å². The van der Waals surface area contributed by atoms with Crippen LogP contribution >= 0.6 is 0 Å². The summed E-state index contributed by atoms with van der Waals surface area (Å²) in [6.45, 7) is 14.8. The van der Waals surface area contributed by atoms with Crippen molar-refractivity contribution in [2.45, 2.75) is 53.6 Å². The molecule has 0 aromatic heterocycles. The molecule has 0 aliphatic carbocycles. The molecule has 1 saturated heterocycles. The first-order valence-electron chi connectivity index (χ1n) is 5.20. The van der Waals surface area contributed by atoms with Gasteiger partial charge in [0.25, 0.3) is 0 Å². The lowest BCUT2D eigenvalue weighted by molar-refractivity contribution is 0.184. The van der Waals surface area contributed by atoms with Crippen molar-refractivity contribution >= 4 is 0 Å². The van der Waals surface area contributed by atoms with Crippen molar-refractivity contribution in [3.05, 3.63) is 0 Å². The summed E-state index contributed by atoms with van der Waals surface area (Å²) >= 11 is 0. The Bertz CT molecular complexity index is 154. The van der Waals surface area contributed by atoms with Gasteiger partial charge in [-0.1, -0.05) is 41.5 Å². The maximum absolute atomic E-state index is 3.54. The van der Waals surface area contributed by atoms with Gasteiger partial charge < -0.3 is 0 Å². The van der Waals surface area contributed by atoms with E-state index in [2.05, 4.69) is 52.2 Å². The molecule has 1 aliphatic rings. The van der Waals surface area contributed by atoms with E-state index in [0.29, 0.717) is 22.9 Å². The Morgan fingerprint density at radius 3 is 1.31 bits per heavy atom. The van der Waals surface area contributed by atoms with E-state index in [-0.39, 0.29) is 0 Å². The summed E-state index contributed by atoms with van der Waals surface area (Å²) in [6, 6.07) is 1.15. The lowest BCUT2D eigenvalue weighted by Crippen LogP contribution is -2.50. The minimum Gasteiger partial charge on any atom is -0.300 e. The van der Waals surface area contributed by atoms with Gasteiger partial charge in [0.05, 0.1) is 0 Å². The van der Waals surface area contributed by atoms with Crippen LogP contribution in [0.25, 0.3) is 0 Å². The summed E-state index contributed by atoms with van der Waals surface area (Å²) in [5.41, 5.74) is 0.670. The fourth-order valence-electron chi connectivity index (χ4n) is 2.13. The Morgan fingerprint density at radius 2 is 1.08 bits per heavy atom. The zero-order chi connectivity index (χ0) is 10.3. The summed E-state index contributed by atoms with van der Waals surface area (Å²) in [5.74, 6) is 0. The van der Waals surface area contributed by atoms with E-state index < -0.39 is 0 Å². The molecule has 13 heavy (non-hydrogen) atoms. The molecule has 0 bridgehead atoms. The zero-order valence-corrected chi connectivity index (χ0v) is 9.86. The summed E-state index contributed by atoms with van der Waals surface area (Å²) in [6.07, 6.45) is 0. The van der Waals surface area contributed by atoms with E-state index in [0.717, 1.165) is 6.67 Å². The number of rotatable bonds is 0. The van der Waals surface area contributed by atoms with Crippen molar-refractivity contribution < 1.29 is 0 Å². The topological polar surface area (TPSA) is 24.1 Å². The number of hydrogen-bond donors (Lipinski definition) is 2. The molecular weight excluding hydrogens is 160 g/mol. The third kappa shape index (κ3) is 2.44. The van der Waals surface area contributed by atoms with Crippen LogP contribution in [0.3, 0.4) is 0 Å². The third-order valence-corrected chi connectivity index (χ3v) is 2.84. The van der Waals surface area contributed by atoms with Crippen LogP contribution in [0.5, 0.6) is 0 Å². The quantitative estimate of drug-likeness (QED) is 0.601. The average molecular weight is 184 g/mol. The van der Waals surface area contributed by atoms with Crippen LogP contribution in [-0.2, 0) is 0 Å². The summed E-state index contributed by atoms with van der Waals surface area (Å²) in [7, 11) is 0. The van der Waals surface area contributed by atoms with Gasteiger partial charge in [0.1, 0.15) is 0 Å². The molecule has 2 N–H and O–H groups in total. The molecule has 0 unspecified atom stereocenters. The molecule has 2 nitrogen and oxygen atoms in total. The van der Waals surface area contributed by atoms with Crippen molar-refractivity contribution in [1.29, 1.82) is 0 Å². The monoisotopic (exact) mass is 184 g/mol. The second-order valence-corrected chi connectivity index (χ2v) is 6.27. The Morgan fingerprint density at radius 1 is 0.769 bits per heavy atom. The largest absolute Gasteiger partial charge is 0.300 e. The van der Waals surface area contributed by atoms with Gasteiger partial charge in [-0.05, 0) is 10.8 Å². The Kier molecular flexibility index (Phi) is 2.75. The maximum atomic E-state index is 3.54. The first-order valence-corrected chi connectivity index (χ1v) is 5.20. The number of hydrogen-bond acceptors (Lipinski definition) is 2. The molecule has 0 aromatic rings. The maximum Gasteiger partial charge on any atom is 0.0459 e. The van der Waals surface area contributed by atoms with Crippen LogP contribution in [0.1, 0.15) is 41.5 Å². The van der Waals surface area contributed by atoms with Gasteiger partial charge in [-0.2, -0.15) is 0 Å². The van der Waals surface area contributed by atoms with Crippen molar-refractivity contribution in [1.82, 2.24) is 10.6 Å². The molecule has 78 valence electrons. The first-order chi connectivity index (χ1) is 5.73.